The molecule has 6 aromatic rings. The maximum absolute atomic E-state index is 13.4. The second kappa shape index (κ2) is 20.4. The van der Waals surface area contributed by atoms with Crippen LogP contribution in [0.4, 0.5) is 5.95 Å². The number of methoxy groups -OCH3 is 2. The summed E-state index contributed by atoms with van der Waals surface area (Å²) in [6.45, 7) is 1.99. The highest BCUT2D eigenvalue weighted by Crippen LogP contribution is 2.61. The second-order valence-corrected chi connectivity index (χ2v) is 21.0. The molecule has 0 spiro atoms. The van der Waals surface area contributed by atoms with Crippen LogP contribution in [0, 0.1) is 0 Å². The first kappa shape index (κ1) is 46.0. The van der Waals surface area contributed by atoms with Crippen molar-refractivity contribution >= 4 is 59.2 Å². The number of hydrogen-bond acceptors (Lipinski definition) is 14. The van der Waals surface area contributed by atoms with E-state index in [0.717, 1.165) is 42.6 Å². The van der Waals surface area contributed by atoms with Crippen molar-refractivity contribution in [3.63, 3.8) is 0 Å². The molecule has 3 aliphatic heterocycles. The Kier molecular flexibility index (Phi) is 14.2. The molecule has 0 aliphatic carbocycles. The van der Waals surface area contributed by atoms with Crippen molar-refractivity contribution < 1.29 is 33.0 Å². The van der Waals surface area contributed by atoms with Gasteiger partial charge < -0.3 is 33.1 Å². The van der Waals surface area contributed by atoms with Crippen molar-refractivity contribution in [2.24, 2.45) is 4.99 Å². The Balaban J connectivity index is 1.10. The molecule has 3 aliphatic rings. The van der Waals surface area contributed by atoms with E-state index in [2.05, 4.69) is 31.8 Å². The van der Waals surface area contributed by atoms with Gasteiger partial charge in [0, 0.05) is 44.3 Å². The summed E-state index contributed by atoms with van der Waals surface area (Å²) in [5.41, 5.74) is 1.01. The molecule has 1 N–H and O–H groups in total. The predicted molar refractivity (Wildman–Crippen MR) is 259 cm³/mol. The van der Waals surface area contributed by atoms with E-state index in [4.69, 9.17) is 33.2 Å². The number of aromatic nitrogens is 4. The Hall–Kier alpha value is -5.10. The van der Waals surface area contributed by atoms with Gasteiger partial charge in [0.05, 0.1) is 40.1 Å². The number of carbonyl (C=O) groups is 1. The number of aromatic amines is 1. The number of fused-ring (bicyclic) bond motifs is 3. The predicted octanol–water partition coefficient (Wildman–Crippen LogP) is 8.05. The summed E-state index contributed by atoms with van der Waals surface area (Å²) in [5.74, 6) is 2.86. The molecule has 9 rings (SSSR count). The molecule has 3 unspecified atom stereocenters. The number of ether oxygens (including phenoxy) is 5. The molecule has 0 amide bonds. The molecular formula is C48H52N7O8PS2. The van der Waals surface area contributed by atoms with Crippen molar-refractivity contribution in [3.05, 3.63) is 148 Å². The summed E-state index contributed by atoms with van der Waals surface area (Å²) in [5, 5.41) is 0.0448. The summed E-state index contributed by atoms with van der Waals surface area (Å²) in [4.78, 5) is 44.5. The van der Waals surface area contributed by atoms with Gasteiger partial charge in [-0.2, -0.15) is 4.98 Å². The Morgan fingerprint density at radius 2 is 1.56 bits per heavy atom. The largest absolute Gasteiger partial charge is 0.497 e. The van der Waals surface area contributed by atoms with E-state index in [0.29, 0.717) is 34.2 Å². The number of nitrogens with one attached hydrogen (secondary N) is 1. The van der Waals surface area contributed by atoms with Crippen LogP contribution in [0.5, 0.6) is 11.5 Å². The maximum atomic E-state index is 13.4. The first-order valence-electron chi connectivity index (χ1n) is 21.7. The fourth-order valence-electron chi connectivity index (χ4n) is 8.56. The third kappa shape index (κ3) is 9.40. The van der Waals surface area contributed by atoms with Gasteiger partial charge in [-0.05, 0) is 53.8 Å². The lowest BCUT2D eigenvalue weighted by molar-refractivity contribution is -0.201. The number of hydrogen-bond donors (Lipinski definition) is 1. The first-order chi connectivity index (χ1) is 32.2. The van der Waals surface area contributed by atoms with Crippen molar-refractivity contribution in [3.8, 4) is 11.5 Å². The number of nitrogens with zero attached hydrogens (tertiary/aromatic N) is 6. The summed E-state index contributed by atoms with van der Waals surface area (Å²) in [7, 11) is 5.71. The maximum Gasteiger partial charge on any atom is 0.280 e. The van der Waals surface area contributed by atoms with Gasteiger partial charge in [0.15, 0.2) is 24.9 Å². The van der Waals surface area contributed by atoms with E-state index in [-0.39, 0.29) is 29.8 Å². The van der Waals surface area contributed by atoms with Crippen LogP contribution in [-0.2, 0) is 24.3 Å². The van der Waals surface area contributed by atoms with Gasteiger partial charge in [0.2, 0.25) is 11.1 Å². The summed E-state index contributed by atoms with van der Waals surface area (Å²) >= 11 is 3.05. The van der Waals surface area contributed by atoms with Crippen LogP contribution < -0.4 is 15.0 Å². The van der Waals surface area contributed by atoms with Crippen LogP contribution in [0.25, 0.3) is 11.2 Å². The van der Waals surface area contributed by atoms with Gasteiger partial charge in [-0.25, -0.2) is 9.98 Å². The van der Waals surface area contributed by atoms with Crippen LogP contribution in [0.15, 0.2) is 125 Å². The zero-order valence-electron chi connectivity index (χ0n) is 37.1. The number of rotatable bonds is 19. The molecule has 2 aromatic heterocycles. The molecule has 344 valence electrons. The highest BCUT2D eigenvalue weighted by molar-refractivity contribution is 8.53. The van der Waals surface area contributed by atoms with E-state index in [1.54, 1.807) is 47.7 Å². The van der Waals surface area contributed by atoms with Crippen LogP contribution in [0.3, 0.4) is 0 Å². The Labute approximate surface area is 392 Å². The van der Waals surface area contributed by atoms with Gasteiger partial charge >= 0.3 is 0 Å². The van der Waals surface area contributed by atoms with Crippen molar-refractivity contribution in [2.45, 2.75) is 42.5 Å². The molecule has 2 bridgehead atoms. The summed E-state index contributed by atoms with van der Waals surface area (Å²) in [6, 6.07) is 35.3. The standard InChI is InChI=1S/C48H52N7O8PS2/c1-53(2)31-50-46-51-42-39(43(56)52-46)49-32-55(42)44-40-41(63-64(54-25-11-12-26-54)66-28-27-65-45(57)33-13-7-5-8-14-33)47(62-44,29-60-40)30-61-48(34-15-9-6-10-16-34,35-17-21-37(58-3)22-18-35)36-19-23-38(59-4)24-20-36/h5-10,13-24,31-32,40-41,44H,11-12,25-30H2,1-4H3,(H,51,52,56)/t40?,41?,44-,47-,64?/m1/s1. The minimum atomic E-state index is -1.25. The quantitative estimate of drug-likeness (QED) is 0.0274. The van der Waals surface area contributed by atoms with E-state index >= 15 is 0 Å². The van der Waals surface area contributed by atoms with Crippen LogP contribution >= 0.6 is 30.6 Å². The number of benzene rings is 4. The Morgan fingerprint density at radius 3 is 2.20 bits per heavy atom. The normalized spacial score (nSPS) is 21.2. The smallest absolute Gasteiger partial charge is 0.280 e. The van der Waals surface area contributed by atoms with E-state index in [1.807, 2.05) is 111 Å². The zero-order chi connectivity index (χ0) is 45.7. The number of carbonyl (C=O) groups excluding carboxylic acids is 1. The van der Waals surface area contributed by atoms with E-state index in [1.165, 1.54) is 11.8 Å². The third-order valence-electron chi connectivity index (χ3n) is 11.8. The number of thioether (sulfide) groups is 1. The average Bonchev–Trinajstić information content (AvgIpc) is 4.17. The molecular weight excluding hydrogens is 898 g/mol. The van der Waals surface area contributed by atoms with Gasteiger partial charge in [0.25, 0.3) is 5.56 Å². The van der Waals surface area contributed by atoms with Crippen molar-refractivity contribution in [1.29, 1.82) is 0 Å². The van der Waals surface area contributed by atoms with Gasteiger partial charge in [0.1, 0.15) is 34.9 Å². The molecule has 3 fully saturated rings. The van der Waals surface area contributed by atoms with Crippen LogP contribution in [0.2, 0.25) is 0 Å². The minimum absolute atomic E-state index is 0.0336. The lowest BCUT2D eigenvalue weighted by Gasteiger charge is -2.40. The van der Waals surface area contributed by atoms with E-state index < -0.39 is 42.7 Å². The van der Waals surface area contributed by atoms with Gasteiger partial charge in [-0.1, -0.05) is 108 Å². The van der Waals surface area contributed by atoms with Crippen LogP contribution in [-0.4, -0.2) is 124 Å². The molecule has 18 heteroatoms. The Bertz CT molecular complexity index is 2620. The zero-order valence-corrected chi connectivity index (χ0v) is 39.7. The lowest BCUT2D eigenvalue weighted by atomic mass is 9.79. The number of aliphatic imine (C=N–C) groups is 1. The monoisotopic (exact) mass is 949 g/mol. The molecule has 66 heavy (non-hydrogen) atoms. The van der Waals surface area contributed by atoms with Crippen molar-refractivity contribution in [1.82, 2.24) is 29.1 Å². The first-order valence-corrected chi connectivity index (χ1v) is 25.5. The molecule has 5 heterocycles. The van der Waals surface area contributed by atoms with E-state index in [9.17, 15) is 9.59 Å². The molecule has 0 radical (unpaired) electrons. The molecule has 4 aromatic carbocycles. The van der Waals surface area contributed by atoms with Gasteiger partial charge in [-0.3, -0.25) is 23.8 Å². The molecule has 15 nitrogen and oxygen atoms in total. The Morgan fingerprint density at radius 1 is 0.924 bits per heavy atom. The van der Waals surface area contributed by atoms with Crippen molar-refractivity contribution in [2.75, 3.05) is 66.1 Å². The third-order valence-corrected chi connectivity index (χ3v) is 17.0. The van der Waals surface area contributed by atoms with Crippen LogP contribution in [0.1, 0.15) is 46.1 Å². The summed E-state index contributed by atoms with van der Waals surface area (Å²) in [6.07, 6.45) is 3.18. The summed E-state index contributed by atoms with van der Waals surface area (Å²) < 4.78 is 44.4. The lowest BCUT2D eigenvalue weighted by Crippen LogP contribution is -2.49. The number of imidazole rings is 1. The molecule has 5 atom stereocenters. The average molecular weight is 950 g/mol. The fraction of sp³-hybridized carbons (Fsp3) is 0.354. The minimum Gasteiger partial charge on any atom is -0.497 e. The highest BCUT2D eigenvalue weighted by Gasteiger charge is 2.65. The SMILES string of the molecule is COc1ccc(C(OC[C@]23COC(C2OP(SCCSC(=O)c2ccccc2)N2CCCC2)[C@H](n2cnc4c(=O)[nH]c(N=CN(C)C)nc42)O3)(c2ccccc2)c2ccc(OC)cc2)cc1. The topological polar surface area (TPSA) is 155 Å². The highest BCUT2D eigenvalue weighted by atomic mass is 32.7. The molecule has 0 saturated carbocycles. The number of H-pyrrole nitrogens is 1. The fourth-order valence-corrected chi connectivity index (χ4v) is 13.9. The second-order valence-electron chi connectivity index (χ2n) is 16.3. The van der Waals surface area contributed by atoms with Gasteiger partial charge in [-0.15, -0.1) is 0 Å². The molecule has 3 saturated heterocycles.